The topological polar surface area (TPSA) is 35.0 Å². The number of pyridine rings is 2. The van der Waals surface area contributed by atoms with Crippen LogP contribution >= 0.6 is 0 Å². The van der Waals surface area contributed by atoms with Crippen LogP contribution in [0.15, 0.2) is 60.9 Å². The van der Waals surface area contributed by atoms with Crippen LogP contribution in [-0.4, -0.2) is 9.97 Å². The highest BCUT2D eigenvalue weighted by molar-refractivity contribution is 5.79. The molecular weight excluding hydrogens is 212 g/mol. The predicted octanol–water partition coefficient (Wildman–Crippen LogP) is 3.42. The van der Waals surface area contributed by atoms with Crippen molar-refractivity contribution in [1.29, 1.82) is 0 Å². The van der Waals surface area contributed by atoms with Gasteiger partial charge in [0.05, 0.1) is 5.52 Å². The zero-order chi connectivity index (χ0) is 11.5. The van der Waals surface area contributed by atoms with Crippen LogP contribution in [0.5, 0.6) is 11.6 Å². The molecule has 2 heterocycles. The van der Waals surface area contributed by atoms with Gasteiger partial charge in [-0.2, -0.15) is 0 Å². The van der Waals surface area contributed by atoms with Gasteiger partial charge in [-0.15, -0.1) is 0 Å². The Morgan fingerprint density at radius 1 is 0.824 bits per heavy atom. The van der Waals surface area contributed by atoms with Gasteiger partial charge in [0.25, 0.3) is 0 Å². The lowest BCUT2D eigenvalue weighted by Gasteiger charge is -2.04. The minimum Gasteiger partial charge on any atom is -0.439 e. The Morgan fingerprint density at radius 2 is 1.76 bits per heavy atom. The first-order valence-corrected chi connectivity index (χ1v) is 5.35. The molecule has 0 saturated carbocycles. The van der Waals surface area contributed by atoms with Crippen molar-refractivity contribution >= 4 is 10.9 Å². The number of hydrogen-bond acceptors (Lipinski definition) is 3. The molecule has 3 heteroatoms. The van der Waals surface area contributed by atoms with Crippen molar-refractivity contribution in [3.05, 3.63) is 60.9 Å². The number of ether oxygens (including phenoxy) is 1. The Bertz CT molecular complexity index is 638. The van der Waals surface area contributed by atoms with Gasteiger partial charge in [-0.1, -0.05) is 12.1 Å². The lowest BCUT2D eigenvalue weighted by Crippen LogP contribution is -1.87. The Morgan fingerprint density at radius 3 is 2.65 bits per heavy atom. The fourth-order valence-electron chi connectivity index (χ4n) is 1.65. The first kappa shape index (κ1) is 9.78. The van der Waals surface area contributed by atoms with E-state index in [-0.39, 0.29) is 0 Å². The van der Waals surface area contributed by atoms with Crippen molar-refractivity contribution in [2.24, 2.45) is 0 Å². The van der Waals surface area contributed by atoms with Crippen molar-refractivity contribution in [1.82, 2.24) is 9.97 Å². The van der Waals surface area contributed by atoms with Crippen LogP contribution in [0.4, 0.5) is 0 Å². The van der Waals surface area contributed by atoms with E-state index in [4.69, 9.17) is 4.74 Å². The van der Waals surface area contributed by atoms with Crippen molar-refractivity contribution in [2.75, 3.05) is 0 Å². The highest BCUT2D eigenvalue weighted by Gasteiger charge is 1.99. The van der Waals surface area contributed by atoms with Crippen LogP contribution in [0.25, 0.3) is 10.9 Å². The molecule has 0 unspecified atom stereocenters. The van der Waals surface area contributed by atoms with Crippen molar-refractivity contribution in [3.63, 3.8) is 0 Å². The van der Waals surface area contributed by atoms with Crippen LogP contribution in [0.3, 0.4) is 0 Å². The Labute approximate surface area is 98.7 Å². The van der Waals surface area contributed by atoms with Crippen molar-refractivity contribution in [2.45, 2.75) is 0 Å². The minimum absolute atomic E-state index is 0.593. The summed E-state index contributed by atoms with van der Waals surface area (Å²) in [4.78, 5) is 8.37. The van der Waals surface area contributed by atoms with E-state index < -0.39 is 0 Å². The van der Waals surface area contributed by atoms with E-state index in [1.54, 1.807) is 12.4 Å². The molecule has 0 fully saturated rings. The summed E-state index contributed by atoms with van der Waals surface area (Å²) in [5, 5.41) is 1.06. The average molecular weight is 222 g/mol. The zero-order valence-corrected chi connectivity index (χ0v) is 9.08. The summed E-state index contributed by atoms with van der Waals surface area (Å²) in [6, 6.07) is 15.3. The van der Waals surface area contributed by atoms with Gasteiger partial charge < -0.3 is 4.74 Å². The van der Waals surface area contributed by atoms with E-state index in [1.807, 2.05) is 48.5 Å². The molecule has 0 N–H and O–H groups in total. The summed E-state index contributed by atoms with van der Waals surface area (Å²) >= 11 is 0. The molecule has 0 aliphatic heterocycles. The molecule has 0 aliphatic rings. The third kappa shape index (κ3) is 2.08. The van der Waals surface area contributed by atoms with Gasteiger partial charge in [-0.25, -0.2) is 4.98 Å². The minimum atomic E-state index is 0.593. The molecule has 0 saturated heterocycles. The second-order valence-electron chi connectivity index (χ2n) is 3.63. The van der Waals surface area contributed by atoms with Gasteiger partial charge in [0.1, 0.15) is 5.75 Å². The summed E-state index contributed by atoms with van der Waals surface area (Å²) in [7, 11) is 0. The molecule has 0 aliphatic carbocycles. The Balaban J connectivity index is 1.96. The van der Waals surface area contributed by atoms with Crippen LogP contribution in [0.1, 0.15) is 0 Å². The molecule has 0 amide bonds. The van der Waals surface area contributed by atoms with Gasteiger partial charge in [0.2, 0.25) is 5.88 Å². The van der Waals surface area contributed by atoms with E-state index in [2.05, 4.69) is 9.97 Å². The van der Waals surface area contributed by atoms with Crippen molar-refractivity contribution < 1.29 is 4.74 Å². The molecule has 2 aromatic heterocycles. The Hall–Kier alpha value is -2.42. The number of nitrogens with zero attached hydrogens (tertiary/aromatic N) is 2. The summed E-state index contributed by atoms with van der Waals surface area (Å²) in [5.41, 5.74) is 0.959. The van der Waals surface area contributed by atoms with Gasteiger partial charge in [-0.05, 0) is 30.3 Å². The number of rotatable bonds is 2. The molecule has 1 aromatic carbocycles. The van der Waals surface area contributed by atoms with Gasteiger partial charge in [-0.3, -0.25) is 4.98 Å². The highest BCUT2D eigenvalue weighted by atomic mass is 16.5. The zero-order valence-electron chi connectivity index (χ0n) is 9.08. The van der Waals surface area contributed by atoms with Gasteiger partial charge in [0, 0.05) is 23.8 Å². The smallest absolute Gasteiger partial charge is 0.219 e. The van der Waals surface area contributed by atoms with Gasteiger partial charge >= 0.3 is 0 Å². The molecule has 3 aromatic rings. The summed E-state index contributed by atoms with van der Waals surface area (Å²) in [6.45, 7) is 0. The predicted molar refractivity (Wildman–Crippen MR) is 66.1 cm³/mol. The fraction of sp³-hybridized carbons (Fsp3) is 0. The third-order valence-electron chi connectivity index (χ3n) is 2.43. The second kappa shape index (κ2) is 4.22. The standard InChI is InChI=1S/C14H10N2O/c1-2-8-16-14(5-1)17-12-6-7-13-11(10-12)4-3-9-15-13/h1-10H. The summed E-state index contributed by atoms with van der Waals surface area (Å²) in [5.74, 6) is 1.36. The number of aromatic nitrogens is 2. The molecule has 0 radical (unpaired) electrons. The summed E-state index contributed by atoms with van der Waals surface area (Å²) < 4.78 is 5.65. The van der Waals surface area contributed by atoms with E-state index in [0.717, 1.165) is 16.7 Å². The van der Waals surface area contributed by atoms with Crippen LogP contribution < -0.4 is 4.74 Å². The largest absolute Gasteiger partial charge is 0.439 e. The highest BCUT2D eigenvalue weighted by Crippen LogP contribution is 2.23. The monoisotopic (exact) mass is 222 g/mol. The maximum absolute atomic E-state index is 5.65. The summed E-state index contributed by atoms with van der Waals surface area (Å²) in [6.07, 6.45) is 3.49. The lowest BCUT2D eigenvalue weighted by atomic mass is 10.2. The van der Waals surface area contributed by atoms with Crippen molar-refractivity contribution in [3.8, 4) is 11.6 Å². The van der Waals surface area contributed by atoms with Crippen LogP contribution in [0, 0.1) is 0 Å². The number of hydrogen-bond donors (Lipinski definition) is 0. The maximum Gasteiger partial charge on any atom is 0.219 e. The fourth-order valence-corrected chi connectivity index (χ4v) is 1.65. The number of fused-ring (bicyclic) bond motifs is 1. The maximum atomic E-state index is 5.65. The first-order chi connectivity index (χ1) is 8.42. The van der Waals surface area contributed by atoms with Crippen LogP contribution in [-0.2, 0) is 0 Å². The molecule has 82 valence electrons. The third-order valence-corrected chi connectivity index (χ3v) is 2.43. The molecule has 0 atom stereocenters. The molecule has 3 rings (SSSR count). The van der Waals surface area contributed by atoms with E-state index in [9.17, 15) is 0 Å². The van der Waals surface area contributed by atoms with Gasteiger partial charge in [0.15, 0.2) is 0 Å². The molecule has 3 nitrogen and oxygen atoms in total. The normalized spacial score (nSPS) is 10.4. The van der Waals surface area contributed by atoms with E-state index in [0.29, 0.717) is 5.88 Å². The SMILES string of the molecule is c1ccc(Oc2ccc3ncccc3c2)nc1. The molecular formula is C14H10N2O. The number of benzene rings is 1. The lowest BCUT2D eigenvalue weighted by molar-refractivity contribution is 0.463. The Kier molecular flexibility index (Phi) is 2.43. The average Bonchev–Trinajstić information content (AvgIpc) is 2.40. The second-order valence-corrected chi connectivity index (χ2v) is 3.63. The van der Waals surface area contributed by atoms with E-state index >= 15 is 0 Å². The van der Waals surface area contributed by atoms with E-state index in [1.165, 1.54) is 0 Å². The first-order valence-electron chi connectivity index (χ1n) is 5.35. The molecule has 0 spiro atoms. The molecule has 0 bridgehead atoms. The quantitative estimate of drug-likeness (QED) is 0.666. The van der Waals surface area contributed by atoms with Crippen LogP contribution in [0.2, 0.25) is 0 Å². The molecule has 17 heavy (non-hydrogen) atoms.